The second-order valence-electron chi connectivity index (χ2n) is 8.38. The van der Waals surface area contributed by atoms with Crippen LogP contribution in [0.1, 0.15) is 30.6 Å². The van der Waals surface area contributed by atoms with Crippen molar-refractivity contribution >= 4 is 45.9 Å². The zero-order valence-corrected chi connectivity index (χ0v) is 21.6. The Kier molecular flexibility index (Phi) is 7.86. The number of aromatic carboxylic acids is 1. The van der Waals surface area contributed by atoms with Crippen LogP contribution in [-0.4, -0.2) is 51.9 Å². The van der Waals surface area contributed by atoms with Crippen molar-refractivity contribution in [3.63, 3.8) is 0 Å². The van der Waals surface area contributed by atoms with Crippen LogP contribution in [0, 0.1) is 0 Å². The van der Waals surface area contributed by atoms with E-state index in [9.17, 15) is 9.90 Å². The number of anilines is 1. The van der Waals surface area contributed by atoms with Gasteiger partial charge in [0.25, 0.3) is 0 Å². The van der Waals surface area contributed by atoms with Gasteiger partial charge in [-0.2, -0.15) is 0 Å². The first kappa shape index (κ1) is 25.6. The number of methoxy groups -OCH3 is 1. The third-order valence-electron chi connectivity index (χ3n) is 5.76. The molecule has 0 aliphatic carbocycles. The van der Waals surface area contributed by atoms with E-state index in [-0.39, 0.29) is 11.6 Å². The Morgan fingerprint density at radius 3 is 2.67 bits per heavy atom. The molecule has 188 valence electrons. The summed E-state index contributed by atoms with van der Waals surface area (Å²) in [5.74, 6) is 0.421. The van der Waals surface area contributed by atoms with Gasteiger partial charge in [0, 0.05) is 36.4 Å². The quantitative estimate of drug-likeness (QED) is 0.248. The van der Waals surface area contributed by atoms with Crippen LogP contribution < -0.4 is 14.4 Å². The highest BCUT2D eigenvalue weighted by molar-refractivity contribution is 6.45. The molecular weight excluding hydrogens is 503 g/mol. The number of rotatable bonds is 10. The Morgan fingerprint density at radius 2 is 2.00 bits per heavy atom. The normalized spacial score (nSPS) is 11.2. The van der Waals surface area contributed by atoms with Gasteiger partial charge in [-0.1, -0.05) is 23.2 Å². The lowest BCUT2D eigenvalue weighted by Gasteiger charge is -2.29. The molecule has 0 bridgehead atoms. The van der Waals surface area contributed by atoms with Crippen molar-refractivity contribution in [2.45, 2.75) is 26.3 Å². The SMILES string of the molecule is COc1ccc(OCCCN(c2cc(-n3ccnc3)c3ccc(Cl)c(Cl)c3n2)C(C)C)c(C(=O)O)c1. The van der Waals surface area contributed by atoms with E-state index in [1.54, 1.807) is 30.7 Å². The first-order valence-corrected chi connectivity index (χ1v) is 12.1. The van der Waals surface area contributed by atoms with Gasteiger partial charge in [0.05, 0.1) is 41.3 Å². The Hall–Kier alpha value is -3.49. The van der Waals surface area contributed by atoms with E-state index in [1.807, 2.05) is 22.9 Å². The fourth-order valence-electron chi connectivity index (χ4n) is 3.95. The van der Waals surface area contributed by atoms with Gasteiger partial charge >= 0.3 is 5.97 Å². The molecule has 0 fully saturated rings. The van der Waals surface area contributed by atoms with Crippen LogP contribution in [0.5, 0.6) is 11.5 Å². The molecule has 2 aromatic carbocycles. The molecule has 4 aromatic rings. The number of carboxylic acids is 1. The fourth-order valence-corrected chi connectivity index (χ4v) is 4.31. The van der Waals surface area contributed by atoms with Crippen LogP contribution in [0.2, 0.25) is 10.0 Å². The highest BCUT2D eigenvalue weighted by Crippen LogP contribution is 2.35. The Morgan fingerprint density at radius 1 is 1.19 bits per heavy atom. The van der Waals surface area contributed by atoms with Gasteiger partial charge in [0.2, 0.25) is 0 Å². The number of pyridine rings is 1. The average Bonchev–Trinajstić information content (AvgIpc) is 3.40. The van der Waals surface area contributed by atoms with E-state index in [0.29, 0.717) is 46.6 Å². The van der Waals surface area contributed by atoms with E-state index in [2.05, 4.69) is 23.7 Å². The number of ether oxygens (including phenoxy) is 2. The lowest BCUT2D eigenvalue weighted by Crippen LogP contribution is -2.33. The van der Waals surface area contributed by atoms with E-state index in [1.165, 1.54) is 13.2 Å². The number of benzene rings is 2. The summed E-state index contributed by atoms with van der Waals surface area (Å²) in [6, 6.07) is 10.5. The second kappa shape index (κ2) is 11.1. The zero-order valence-electron chi connectivity index (χ0n) is 20.1. The topological polar surface area (TPSA) is 89.7 Å². The number of aromatic nitrogens is 3. The second-order valence-corrected chi connectivity index (χ2v) is 9.17. The zero-order chi connectivity index (χ0) is 25.8. The summed E-state index contributed by atoms with van der Waals surface area (Å²) in [6.07, 6.45) is 5.94. The Labute approximate surface area is 219 Å². The molecule has 10 heteroatoms. The summed E-state index contributed by atoms with van der Waals surface area (Å²) in [5, 5.41) is 11.2. The summed E-state index contributed by atoms with van der Waals surface area (Å²) in [6.45, 7) is 5.10. The average molecular weight is 529 g/mol. The Balaban J connectivity index is 1.58. The molecule has 8 nitrogen and oxygen atoms in total. The first-order chi connectivity index (χ1) is 17.3. The number of fused-ring (bicyclic) bond motifs is 1. The molecule has 2 heterocycles. The van der Waals surface area contributed by atoms with E-state index in [0.717, 1.165) is 16.9 Å². The summed E-state index contributed by atoms with van der Waals surface area (Å²) in [4.78, 5) is 22.8. The maximum Gasteiger partial charge on any atom is 0.339 e. The maximum atomic E-state index is 11.6. The van der Waals surface area contributed by atoms with Crippen molar-refractivity contribution in [2.24, 2.45) is 0 Å². The maximum absolute atomic E-state index is 11.6. The van der Waals surface area contributed by atoms with Crippen LogP contribution in [0.3, 0.4) is 0 Å². The highest BCUT2D eigenvalue weighted by Gasteiger charge is 2.19. The molecule has 4 rings (SSSR count). The van der Waals surface area contributed by atoms with Gasteiger partial charge in [-0.25, -0.2) is 14.8 Å². The Bertz CT molecular complexity index is 1380. The summed E-state index contributed by atoms with van der Waals surface area (Å²) in [5.41, 5.74) is 1.55. The van der Waals surface area contributed by atoms with Crippen LogP contribution in [-0.2, 0) is 0 Å². The number of carbonyl (C=O) groups is 1. The largest absolute Gasteiger partial charge is 0.497 e. The summed E-state index contributed by atoms with van der Waals surface area (Å²) >= 11 is 12.9. The molecule has 0 saturated carbocycles. The molecule has 0 unspecified atom stereocenters. The molecule has 0 spiro atoms. The lowest BCUT2D eigenvalue weighted by molar-refractivity contribution is 0.0691. The van der Waals surface area contributed by atoms with Crippen LogP contribution in [0.15, 0.2) is 55.1 Å². The fraction of sp³-hybridized carbons (Fsp3) is 0.269. The van der Waals surface area contributed by atoms with Crippen molar-refractivity contribution in [1.82, 2.24) is 14.5 Å². The van der Waals surface area contributed by atoms with Crippen molar-refractivity contribution in [3.8, 4) is 17.2 Å². The predicted molar refractivity (Wildman–Crippen MR) is 141 cm³/mol. The number of halogens is 2. The van der Waals surface area contributed by atoms with Gasteiger partial charge in [-0.15, -0.1) is 0 Å². The molecule has 36 heavy (non-hydrogen) atoms. The van der Waals surface area contributed by atoms with Gasteiger partial charge in [-0.3, -0.25) is 0 Å². The molecule has 1 N–H and O–H groups in total. The standard InChI is InChI=1S/C26H26Cl2N4O4/c1-16(2)32(10-4-12-36-22-8-5-17(35-3)13-19(22)26(33)34)23-14-21(31-11-9-29-15-31)18-6-7-20(27)24(28)25(18)30-23/h5-9,11,13-16H,4,10,12H2,1-3H3,(H,33,34). The van der Waals surface area contributed by atoms with E-state index >= 15 is 0 Å². The van der Waals surface area contributed by atoms with Gasteiger partial charge < -0.3 is 24.0 Å². The first-order valence-electron chi connectivity index (χ1n) is 11.4. The van der Waals surface area contributed by atoms with Crippen LogP contribution in [0.25, 0.3) is 16.6 Å². The molecule has 0 aliphatic rings. The van der Waals surface area contributed by atoms with E-state index in [4.69, 9.17) is 37.7 Å². The monoisotopic (exact) mass is 528 g/mol. The number of hydrogen-bond acceptors (Lipinski definition) is 6. The van der Waals surface area contributed by atoms with Crippen LogP contribution in [0.4, 0.5) is 5.82 Å². The predicted octanol–water partition coefficient (Wildman–Crippen LogP) is 6.12. The minimum Gasteiger partial charge on any atom is -0.497 e. The molecule has 2 aromatic heterocycles. The lowest BCUT2D eigenvalue weighted by atomic mass is 10.1. The van der Waals surface area contributed by atoms with Crippen molar-refractivity contribution < 1.29 is 19.4 Å². The van der Waals surface area contributed by atoms with Gasteiger partial charge in [-0.05, 0) is 50.6 Å². The molecular formula is C26H26Cl2N4O4. The molecule has 0 radical (unpaired) electrons. The summed E-state index contributed by atoms with van der Waals surface area (Å²) < 4.78 is 12.8. The summed E-state index contributed by atoms with van der Waals surface area (Å²) in [7, 11) is 1.49. The minimum atomic E-state index is -1.07. The number of hydrogen-bond donors (Lipinski definition) is 1. The molecule has 0 saturated heterocycles. The number of carboxylic acid groups (broad SMARTS) is 1. The van der Waals surface area contributed by atoms with Gasteiger partial charge in [0.15, 0.2) is 0 Å². The van der Waals surface area contributed by atoms with Crippen molar-refractivity contribution in [3.05, 3.63) is 70.7 Å². The molecule has 0 aliphatic heterocycles. The third-order valence-corrected chi connectivity index (χ3v) is 6.55. The van der Waals surface area contributed by atoms with Crippen molar-refractivity contribution in [2.75, 3.05) is 25.2 Å². The molecule has 0 atom stereocenters. The minimum absolute atomic E-state index is 0.0581. The van der Waals surface area contributed by atoms with Crippen molar-refractivity contribution in [1.29, 1.82) is 0 Å². The van der Waals surface area contributed by atoms with E-state index < -0.39 is 5.97 Å². The number of imidazole rings is 1. The number of nitrogens with zero attached hydrogens (tertiary/aromatic N) is 4. The van der Waals surface area contributed by atoms with Gasteiger partial charge in [0.1, 0.15) is 22.9 Å². The van der Waals surface area contributed by atoms with Crippen LogP contribution >= 0.6 is 23.2 Å². The third kappa shape index (κ3) is 5.34. The molecule has 0 amide bonds. The highest BCUT2D eigenvalue weighted by atomic mass is 35.5. The smallest absolute Gasteiger partial charge is 0.339 e.